The molecule has 12 heteroatoms. The number of H-pyrrole nitrogens is 1. The number of hydrogen-bond acceptors (Lipinski definition) is 10. The van der Waals surface area contributed by atoms with Gasteiger partial charge in [0.25, 0.3) is 5.56 Å². The van der Waals surface area contributed by atoms with Gasteiger partial charge in [-0.3, -0.25) is 9.78 Å². The molecule has 4 aromatic rings. The highest BCUT2D eigenvalue weighted by Crippen LogP contribution is 2.34. The van der Waals surface area contributed by atoms with Crippen molar-refractivity contribution < 1.29 is 33.3 Å². The molecule has 41 heavy (non-hydrogen) atoms. The Labute approximate surface area is 232 Å². The molecule has 1 N–H and O–H groups in total. The van der Waals surface area contributed by atoms with Crippen LogP contribution in [-0.2, 0) is 18.9 Å². The van der Waals surface area contributed by atoms with E-state index in [4.69, 9.17) is 18.9 Å². The van der Waals surface area contributed by atoms with Gasteiger partial charge >= 0.3 is 23.6 Å². The van der Waals surface area contributed by atoms with Gasteiger partial charge in [0.1, 0.15) is 18.9 Å². The Morgan fingerprint density at radius 3 is 1.73 bits per heavy atom. The molecular weight excluding hydrogens is 534 g/mol. The summed E-state index contributed by atoms with van der Waals surface area (Å²) in [6.07, 6.45) is -4.61. The molecule has 208 valence electrons. The number of rotatable bonds is 8. The van der Waals surface area contributed by atoms with Crippen LogP contribution in [0.4, 0.5) is 0 Å². The number of hydrogen-bond donors (Lipinski definition) is 1. The summed E-state index contributed by atoms with van der Waals surface area (Å²) in [5.41, 5.74) is -1.07. The fraction of sp³-hybridized carbons (Fsp3) is 0.172. The third-order valence-corrected chi connectivity index (χ3v) is 6.16. The minimum atomic E-state index is -1.46. The van der Waals surface area contributed by atoms with Crippen molar-refractivity contribution in [3.05, 3.63) is 135 Å². The van der Waals surface area contributed by atoms with Gasteiger partial charge in [-0.1, -0.05) is 54.6 Å². The number of aromatic amines is 1. The van der Waals surface area contributed by atoms with Crippen LogP contribution in [0.3, 0.4) is 0 Å². The van der Waals surface area contributed by atoms with Gasteiger partial charge in [-0.15, -0.1) is 0 Å². The SMILES string of the molecule is O=C(OC[C@@H]1O[C@@H](n2ncc(=O)[nH]c2=O)[C@@H](OC(=O)c2ccccc2)[C@H]1OC(=O)c1ccccc1)c1ccccc1. The molecule has 3 aromatic carbocycles. The normalized spacial score (nSPS) is 19.7. The molecule has 0 amide bonds. The third kappa shape index (κ3) is 6.28. The first kappa shape index (κ1) is 27.2. The van der Waals surface area contributed by atoms with Gasteiger partial charge in [0.05, 0.1) is 16.7 Å². The molecule has 1 saturated heterocycles. The molecule has 12 nitrogen and oxygen atoms in total. The van der Waals surface area contributed by atoms with Crippen LogP contribution in [0.5, 0.6) is 0 Å². The van der Waals surface area contributed by atoms with Crippen LogP contribution in [-0.4, -0.2) is 57.6 Å². The summed E-state index contributed by atoms with van der Waals surface area (Å²) in [6.45, 7) is -0.436. The van der Waals surface area contributed by atoms with Crippen molar-refractivity contribution in [3.63, 3.8) is 0 Å². The molecule has 0 radical (unpaired) electrons. The van der Waals surface area contributed by atoms with E-state index >= 15 is 0 Å². The number of ether oxygens (including phenoxy) is 4. The molecule has 2 heterocycles. The Kier molecular flexibility index (Phi) is 8.11. The number of nitrogens with zero attached hydrogens (tertiary/aromatic N) is 2. The highest BCUT2D eigenvalue weighted by molar-refractivity contribution is 5.91. The van der Waals surface area contributed by atoms with Crippen molar-refractivity contribution in [2.24, 2.45) is 0 Å². The molecule has 5 rings (SSSR count). The summed E-state index contributed by atoms with van der Waals surface area (Å²) >= 11 is 0. The largest absolute Gasteiger partial charge is 0.459 e. The van der Waals surface area contributed by atoms with E-state index in [1.807, 2.05) is 0 Å². The Hall–Kier alpha value is -5.36. The number of aromatic nitrogens is 3. The molecule has 1 aromatic heterocycles. The van der Waals surface area contributed by atoms with E-state index in [2.05, 4.69) is 10.1 Å². The van der Waals surface area contributed by atoms with Crippen LogP contribution in [0.2, 0.25) is 0 Å². The van der Waals surface area contributed by atoms with E-state index < -0.39 is 60.3 Å². The van der Waals surface area contributed by atoms with E-state index in [-0.39, 0.29) is 16.7 Å². The average molecular weight is 558 g/mol. The van der Waals surface area contributed by atoms with Gasteiger partial charge in [-0.2, -0.15) is 9.78 Å². The maximum absolute atomic E-state index is 13.1. The van der Waals surface area contributed by atoms with Gasteiger partial charge < -0.3 is 18.9 Å². The Morgan fingerprint density at radius 2 is 1.22 bits per heavy atom. The zero-order valence-electron chi connectivity index (χ0n) is 21.3. The van der Waals surface area contributed by atoms with E-state index in [1.165, 1.54) is 24.3 Å². The van der Waals surface area contributed by atoms with E-state index in [0.29, 0.717) is 0 Å². The summed E-state index contributed by atoms with van der Waals surface area (Å²) < 4.78 is 23.7. The Bertz CT molecular complexity index is 1640. The van der Waals surface area contributed by atoms with Crippen molar-refractivity contribution in [3.8, 4) is 0 Å². The molecule has 0 bridgehead atoms. The summed E-state index contributed by atoms with van der Waals surface area (Å²) in [5, 5.41) is 3.83. The van der Waals surface area contributed by atoms with Crippen molar-refractivity contribution in [2.45, 2.75) is 24.5 Å². The zero-order chi connectivity index (χ0) is 28.8. The van der Waals surface area contributed by atoms with E-state index in [0.717, 1.165) is 10.9 Å². The van der Waals surface area contributed by atoms with Gasteiger partial charge in [0.15, 0.2) is 18.4 Å². The quantitative estimate of drug-likeness (QED) is 0.252. The monoisotopic (exact) mass is 557 g/mol. The van der Waals surface area contributed by atoms with Crippen molar-refractivity contribution in [1.29, 1.82) is 0 Å². The lowest BCUT2D eigenvalue weighted by Crippen LogP contribution is -2.43. The first-order valence-electron chi connectivity index (χ1n) is 12.5. The fourth-order valence-corrected chi connectivity index (χ4v) is 4.20. The molecule has 1 fully saturated rings. The van der Waals surface area contributed by atoms with Crippen molar-refractivity contribution in [2.75, 3.05) is 6.61 Å². The zero-order valence-corrected chi connectivity index (χ0v) is 21.3. The molecule has 0 saturated carbocycles. The van der Waals surface area contributed by atoms with Crippen LogP contribution in [0.25, 0.3) is 0 Å². The number of benzene rings is 3. The van der Waals surface area contributed by atoms with Gasteiger partial charge in [0.2, 0.25) is 0 Å². The number of nitrogens with one attached hydrogen (secondary N) is 1. The minimum Gasteiger partial charge on any atom is -0.459 e. The third-order valence-electron chi connectivity index (χ3n) is 6.16. The maximum Gasteiger partial charge on any atom is 0.347 e. The molecule has 1 aliphatic rings. The molecule has 4 atom stereocenters. The van der Waals surface area contributed by atoms with Crippen LogP contribution in [0.15, 0.2) is 107 Å². The summed E-state index contributed by atoms with van der Waals surface area (Å²) in [4.78, 5) is 65.3. The molecule has 0 spiro atoms. The fourth-order valence-electron chi connectivity index (χ4n) is 4.20. The lowest BCUT2D eigenvalue weighted by Gasteiger charge is -2.24. The smallest absolute Gasteiger partial charge is 0.347 e. The van der Waals surface area contributed by atoms with Gasteiger partial charge in [0, 0.05) is 0 Å². The second kappa shape index (κ2) is 12.2. The Balaban J connectivity index is 1.50. The summed E-state index contributed by atoms with van der Waals surface area (Å²) in [5.74, 6) is -2.26. The van der Waals surface area contributed by atoms with E-state index in [9.17, 15) is 24.0 Å². The van der Waals surface area contributed by atoms with E-state index in [1.54, 1.807) is 66.7 Å². The first-order chi connectivity index (χ1) is 19.9. The Morgan fingerprint density at radius 1 is 0.732 bits per heavy atom. The lowest BCUT2D eigenvalue weighted by molar-refractivity contribution is -0.0699. The number of carbonyl (C=O) groups is 3. The standard InChI is InChI=1S/C29H23N3O9/c33-22-16-30-32(29(37)31-22)25-24(41-28(36)20-14-8-3-9-15-20)23(40-27(35)19-12-6-2-7-13-19)21(39-25)17-38-26(34)18-10-4-1-5-11-18/h1-16,21,23-25H,17H2,(H,31,33,37)/t21-,23-,24-,25+/m0/s1. The number of carbonyl (C=O) groups excluding carboxylic acids is 3. The van der Waals surface area contributed by atoms with Crippen molar-refractivity contribution in [1.82, 2.24) is 14.8 Å². The molecular formula is C29H23N3O9. The van der Waals surface area contributed by atoms with Crippen LogP contribution < -0.4 is 11.2 Å². The predicted molar refractivity (Wildman–Crippen MR) is 141 cm³/mol. The average Bonchev–Trinajstić information content (AvgIpc) is 3.33. The minimum absolute atomic E-state index is 0.181. The van der Waals surface area contributed by atoms with Crippen LogP contribution in [0, 0.1) is 0 Å². The van der Waals surface area contributed by atoms with Crippen LogP contribution >= 0.6 is 0 Å². The van der Waals surface area contributed by atoms with Crippen LogP contribution in [0.1, 0.15) is 37.3 Å². The predicted octanol–water partition coefficient (Wildman–Crippen LogP) is 2.14. The maximum atomic E-state index is 13.1. The molecule has 0 aliphatic carbocycles. The lowest BCUT2D eigenvalue weighted by atomic mass is 10.1. The van der Waals surface area contributed by atoms with Crippen molar-refractivity contribution >= 4 is 17.9 Å². The second-order valence-corrected chi connectivity index (χ2v) is 8.89. The molecule has 0 unspecified atom stereocenters. The highest BCUT2D eigenvalue weighted by atomic mass is 16.7. The second-order valence-electron chi connectivity index (χ2n) is 8.89. The van der Waals surface area contributed by atoms with Gasteiger partial charge in [-0.05, 0) is 36.4 Å². The topological polar surface area (TPSA) is 156 Å². The highest BCUT2D eigenvalue weighted by Gasteiger charge is 2.52. The summed E-state index contributed by atoms with van der Waals surface area (Å²) in [7, 11) is 0. The van der Waals surface area contributed by atoms with Gasteiger partial charge in [-0.25, -0.2) is 19.2 Å². The first-order valence-corrected chi connectivity index (χ1v) is 12.5. The summed E-state index contributed by atoms with van der Waals surface area (Å²) in [6, 6.07) is 24.2. The molecule has 1 aliphatic heterocycles. The number of esters is 3.